The van der Waals surface area contributed by atoms with Crippen molar-refractivity contribution >= 4 is 33.5 Å². The monoisotopic (exact) mass is 300 g/mol. The lowest BCUT2D eigenvalue weighted by Gasteiger charge is -2.24. The Hall–Kier alpha value is -1.56. The van der Waals surface area contributed by atoms with Gasteiger partial charge in [-0.1, -0.05) is 0 Å². The molecule has 92 valence electrons. The Morgan fingerprint density at radius 2 is 2.06 bits per heavy atom. The maximum atomic E-state index is 11.0. The molecule has 0 fully saturated rings. The number of nitrogens with zero attached hydrogens (tertiary/aromatic N) is 1. The normalized spacial score (nSPS) is 11.9. The lowest BCUT2D eigenvalue weighted by atomic mass is 10.1. The number of primary amides is 1. The molecule has 0 spiro atoms. The van der Waals surface area contributed by atoms with Crippen LogP contribution < -0.4 is 10.6 Å². The second kappa shape index (κ2) is 5.18. The molecule has 0 saturated carbocycles. The van der Waals surface area contributed by atoms with Crippen LogP contribution in [-0.4, -0.2) is 30.1 Å². The van der Waals surface area contributed by atoms with E-state index < -0.39 is 17.9 Å². The summed E-state index contributed by atoms with van der Waals surface area (Å²) in [6.07, 6.45) is 0. The second-order valence-corrected chi connectivity index (χ2v) is 4.51. The van der Waals surface area contributed by atoms with E-state index in [1.165, 1.54) is 0 Å². The number of amides is 1. The van der Waals surface area contributed by atoms with Gasteiger partial charge in [0.2, 0.25) is 5.91 Å². The van der Waals surface area contributed by atoms with E-state index in [4.69, 9.17) is 10.8 Å². The van der Waals surface area contributed by atoms with Gasteiger partial charge in [0.25, 0.3) is 0 Å². The zero-order chi connectivity index (χ0) is 13.2. The van der Waals surface area contributed by atoms with Crippen LogP contribution in [0.4, 0.5) is 5.69 Å². The van der Waals surface area contributed by atoms with Gasteiger partial charge in [-0.15, -0.1) is 0 Å². The molecular weight excluding hydrogens is 288 g/mol. The Labute approximate surface area is 107 Å². The SMILES string of the molecule is CC(C(=O)O)N(C)c1ccc(C(N)=O)c(Br)c1. The molecule has 1 amide bonds. The highest BCUT2D eigenvalue weighted by molar-refractivity contribution is 9.10. The Bertz CT molecular complexity index is 462. The predicted molar refractivity (Wildman–Crippen MR) is 68.2 cm³/mol. The topological polar surface area (TPSA) is 83.6 Å². The van der Waals surface area contributed by atoms with Gasteiger partial charge in [0.05, 0.1) is 5.56 Å². The maximum absolute atomic E-state index is 11.0. The summed E-state index contributed by atoms with van der Waals surface area (Å²) >= 11 is 3.23. The van der Waals surface area contributed by atoms with Gasteiger partial charge >= 0.3 is 5.97 Å². The average Bonchev–Trinajstić information content (AvgIpc) is 2.26. The van der Waals surface area contributed by atoms with Crippen LogP contribution in [0.3, 0.4) is 0 Å². The summed E-state index contributed by atoms with van der Waals surface area (Å²) < 4.78 is 0.548. The summed E-state index contributed by atoms with van der Waals surface area (Å²) in [4.78, 5) is 23.5. The first kappa shape index (κ1) is 13.5. The van der Waals surface area contributed by atoms with Gasteiger partial charge in [-0.2, -0.15) is 0 Å². The highest BCUT2D eigenvalue weighted by atomic mass is 79.9. The minimum absolute atomic E-state index is 0.366. The molecule has 0 saturated heterocycles. The molecule has 0 aromatic heterocycles. The van der Waals surface area contributed by atoms with Gasteiger partial charge in [0.1, 0.15) is 6.04 Å². The number of rotatable bonds is 4. The summed E-state index contributed by atoms with van der Waals surface area (Å²) in [5, 5.41) is 8.90. The van der Waals surface area contributed by atoms with E-state index in [-0.39, 0.29) is 0 Å². The molecule has 6 heteroatoms. The van der Waals surface area contributed by atoms with Gasteiger partial charge in [0, 0.05) is 17.2 Å². The Morgan fingerprint density at radius 1 is 1.47 bits per heavy atom. The van der Waals surface area contributed by atoms with Gasteiger partial charge in [0.15, 0.2) is 0 Å². The highest BCUT2D eigenvalue weighted by Gasteiger charge is 2.18. The molecule has 1 atom stereocenters. The Balaban J connectivity index is 3.05. The number of hydrogen-bond acceptors (Lipinski definition) is 3. The zero-order valence-corrected chi connectivity index (χ0v) is 11.1. The lowest BCUT2D eigenvalue weighted by Crippen LogP contribution is -2.35. The summed E-state index contributed by atoms with van der Waals surface area (Å²) in [6.45, 7) is 1.58. The summed E-state index contributed by atoms with van der Waals surface area (Å²) in [7, 11) is 1.67. The van der Waals surface area contributed by atoms with E-state index in [1.807, 2.05) is 0 Å². The van der Waals surface area contributed by atoms with Crippen molar-refractivity contribution in [1.29, 1.82) is 0 Å². The molecule has 0 bridgehead atoms. The van der Waals surface area contributed by atoms with E-state index in [0.717, 1.165) is 0 Å². The standard InChI is InChI=1S/C11H13BrN2O3/c1-6(11(16)17)14(2)7-3-4-8(10(13)15)9(12)5-7/h3-6H,1-2H3,(H2,13,15)(H,16,17). The van der Waals surface area contributed by atoms with E-state index in [0.29, 0.717) is 15.7 Å². The molecule has 1 rings (SSSR count). The minimum Gasteiger partial charge on any atom is -0.480 e. The molecule has 0 aliphatic carbocycles. The molecule has 0 radical (unpaired) electrons. The van der Waals surface area contributed by atoms with Crippen molar-refractivity contribution in [3.05, 3.63) is 28.2 Å². The van der Waals surface area contributed by atoms with Crippen LogP contribution >= 0.6 is 15.9 Å². The number of carbonyl (C=O) groups excluding carboxylic acids is 1. The number of carbonyl (C=O) groups is 2. The summed E-state index contributed by atoms with van der Waals surface area (Å²) in [6, 6.07) is 4.23. The van der Waals surface area contributed by atoms with Crippen molar-refractivity contribution in [2.45, 2.75) is 13.0 Å². The number of carboxylic acid groups (broad SMARTS) is 1. The Morgan fingerprint density at radius 3 is 2.47 bits per heavy atom. The van der Waals surface area contributed by atoms with Crippen molar-refractivity contribution in [2.24, 2.45) is 5.73 Å². The molecular formula is C11H13BrN2O3. The predicted octanol–water partition coefficient (Wildman–Crippen LogP) is 1.46. The Kier molecular flexibility index (Phi) is 4.11. The fourth-order valence-electron chi connectivity index (χ4n) is 1.31. The molecule has 1 unspecified atom stereocenters. The first-order valence-electron chi connectivity index (χ1n) is 4.89. The molecule has 0 heterocycles. The minimum atomic E-state index is -0.914. The summed E-state index contributed by atoms with van der Waals surface area (Å²) in [5.41, 5.74) is 6.23. The molecule has 17 heavy (non-hydrogen) atoms. The van der Waals surface area contributed by atoms with Gasteiger partial charge < -0.3 is 15.7 Å². The van der Waals surface area contributed by atoms with Crippen LogP contribution in [-0.2, 0) is 4.79 Å². The van der Waals surface area contributed by atoms with Crippen molar-refractivity contribution in [2.75, 3.05) is 11.9 Å². The third kappa shape index (κ3) is 2.97. The van der Waals surface area contributed by atoms with E-state index in [1.54, 1.807) is 37.1 Å². The van der Waals surface area contributed by atoms with Crippen molar-refractivity contribution in [3.63, 3.8) is 0 Å². The van der Waals surface area contributed by atoms with Gasteiger partial charge in [-0.25, -0.2) is 4.79 Å². The number of benzene rings is 1. The largest absolute Gasteiger partial charge is 0.480 e. The van der Waals surface area contributed by atoms with E-state index in [2.05, 4.69) is 15.9 Å². The quantitative estimate of drug-likeness (QED) is 0.882. The summed E-state index contributed by atoms with van der Waals surface area (Å²) in [5.74, 6) is -1.44. The fourth-order valence-corrected chi connectivity index (χ4v) is 1.87. The van der Waals surface area contributed by atoms with Crippen molar-refractivity contribution in [1.82, 2.24) is 0 Å². The zero-order valence-electron chi connectivity index (χ0n) is 9.48. The third-order valence-corrected chi connectivity index (χ3v) is 3.22. The van der Waals surface area contributed by atoms with Gasteiger partial charge in [-0.3, -0.25) is 4.79 Å². The van der Waals surface area contributed by atoms with Crippen LogP contribution in [0.5, 0.6) is 0 Å². The molecule has 0 aliphatic heterocycles. The average molecular weight is 301 g/mol. The van der Waals surface area contributed by atoms with Gasteiger partial charge in [-0.05, 0) is 41.1 Å². The molecule has 1 aromatic rings. The molecule has 3 N–H and O–H groups in total. The van der Waals surface area contributed by atoms with Crippen molar-refractivity contribution in [3.8, 4) is 0 Å². The first-order chi connectivity index (χ1) is 7.84. The maximum Gasteiger partial charge on any atom is 0.326 e. The smallest absolute Gasteiger partial charge is 0.326 e. The molecule has 0 aliphatic rings. The third-order valence-electron chi connectivity index (χ3n) is 2.56. The van der Waals surface area contributed by atoms with Crippen LogP contribution in [0.1, 0.15) is 17.3 Å². The number of anilines is 1. The fraction of sp³-hybridized carbons (Fsp3) is 0.273. The lowest BCUT2D eigenvalue weighted by molar-refractivity contribution is -0.138. The number of carboxylic acids is 1. The molecule has 1 aromatic carbocycles. The number of nitrogens with two attached hydrogens (primary N) is 1. The van der Waals surface area contributed by atoms with Crippen LogP contribution in [0, 0.1) is 0 Å². The second-order valence-electron chi connectivity index (χ2n) is 3.65. The highest BCUT2D eigenvalue weighted by Crippen LogP contribution is 2.24. The number of likely N-dealkylation sites (N-methyl/N-ethyl adjacent to an activating group) is 1. The van der Waals surface area contributed by atoms with Crippen LogP contribution in [0.15, 0.2) is 22.7 Å². The first-order valence-corrected chi connectivity index (χ1v) is 5.69. The van der Waals surface area contributed by atoms with Crippen molar-refractivity contribution < 1.29 is 14.7 Å². The van der Waals surface area contributed by atoms with Crippen LogP contribution in [0.25, 0.3) is 0 Å². The van der Waals surface area contributed by atoms with Crippen LogP contribution in [0.2, 0.25) is 0 Å². The van der Waals surface area contributed by atoms with E-state index >= 15 is 0 Å². The number of halogens is 1. The number of hydrogen-bond donors (Lipinski definition) is 2. The molecule has 5 nitrogen and oxygen atoms in total. The number of aliphatic carboxylic acids is 1. The van der Waals surface area contributed by atoms with E-state index in [9.17, 15) is 9.59 Å².